The Morgan fingerprint density at radius 1 is 1.14 bits per heavy atom. The Labute approximate surface area is 174 Å². The van der Waals surface area contributed by atoms with Gasteiger partial charge in [-0.1, -0.05) is 32.4 Å². The molecule has 156 valence electrons. The standard InChI is InChI=1S/C24H33N3O2/c1-4-7-14-26-24(28)17-10-13-21-20(15-17)22(25)19(5-2)23(27-21)16-8-11-18(12-9-16)29-6-3/h8-13,15,19,22-23,27H,4-7,14,25H2,1-3H3,(H,26,28). The molecule has 1 aliphatic heterocycles. The van der Waals surface area contributed by atoms with Crippen molar-refractivity contribution in [2.45, 2.75) is 52.1 Å². The van der Waals surface area contributed by atoms with E-state index in [1.807, 2.05) is 37.3 Å². The van der Waals surface area contributed by atoms with Crippen LogP contribution in [-0.2, 0) is 0 Å². The minimum Gasteiger partial charge on any atom is -0.494 e. The zero-order chi connectivity index (χ0) is 20.8. The van der Waals surface area contributed by atoms with Crippen LogP contribution in [0.15, 0.2) is 42.5 Å². The van der Waals surface area contributed by atoms with Gasteiger partial charge in [-0.05, 0) is 61.2 Å². The molecule has 3 atom stereocenters. The van der Waals surface area contributed by atoms with E-state index in [4.69, 9.17) is 10.5 Å². The number of ether oxygens (including phenoxy) is 1. The van der Waals surface area contributed by atoms with Crippen molar-refractivity contribution in [1.82, 2.24) is 5.32 Å². The van der Waals surface area contributed by atoms with E-state index in [1.54, 1.807) is 0 Å². The summed E-state index contributed by atoms with van der Waals surface area (Å²) in [7, 11) is 0. The number of anilines is 1. The highest BCUT2D eigenvalue weighted by molar-refractivity contribution is 5.95. The second-order valence-corrected chi connectivity index (χ2v) is 7.63. The van der Waals surface area contributed by atoms with Gasteiger partial charge in [-0.15, -0.1) is 0 Å². The molecule has 29 heavy (non-hydrogen) atoms. The van der Waals surface area contributed by atoms with Crippen LogP contribution in [-0.4, -0.2) is 19.1 Å². The Hall–Kier alpha value is -2.53. The predicted octanol–water partition coefficient (Wildman–Crippen LogP) is 4.81. The molecular weight excluding hydrogens is 362 g/mol. The lowest BCUT2D eigenvalue weighted by molar-refractivity contribution is 0.0953. The van der Waals surface area contributed by atoms with Gasteiger partial charge in [0.2, 0.25) is 0 Å². The van der Waals surface area contributed by atoms with Crippen LogP contribution in [0.5, 0.6) is 5.75 Å². The Morgan fingerprint density at radius 2 is 1.90 bits per heavy atom. The molecule has 5 nitrogen and oxygen atoms in total. The van der Waals surface area contributed by atoms with Crippen LogP contribution in [0.2, 0.25) is 0 Å². The predicted molar refractivity (Wildman–Crippen MR) is 118 cm³/mol. The fourth-order valence-electron chi connectivity index (χ4n) is 4.06. The van der Waals surface area contributed by atoms with Crippen molar-refractivity contribution in [3.63, 3.8) is 0 Å². The van der Waals surface area contributed by atoms with Crippen molar-refractivity contribution >= 4 is 11.6 Å². The van der Waals surface area contributed by atoms with Crippen molar-refractivity contribution < 1.29 is 9.53 Å². The molecule has 0 fully saturated rings. The molecule has 1 amide bonds. The van der Waals surface area contributed by atoms with Crippen LogP contribution in [0.3, 0.4) is 0 Å². The summed E-state index contributed by atoms with van der Waals surface area (Å²) in [5.41, 5.74) is 10.6. The van der Waals surface area contributed by atoms with E-state index in [2.05, 4.69) is 36.6 Å². The van der Waals surface area contributed by atoms with Crippen LogP contribution in [0, 0.1) is 5.92 Å². The average molecular weight is 396 g/mol. The fraction of sp³-hybridized carbons (Fsp3) is 0.458. The summed E-state index contributed by atoms with van der Waals surface area (Å²) in [6.07, 6.45) is 2.99. The quantitative estimate of drug-likeness (QED) is 0.561. The molecule has 0 saturated carbocycles. The molecule has 0 aliphatic carbocycles. The third kappa shape index (κ3) is 4.73. The topological polar surface area (TPSA) is 76.4 Å². The minimum absolute atomic E-state index is 0.0323. The van der Waals surface area contributed by atoms with E-state index < -0.39 is 0 Å². The summed E-state index contributed by atoms with van der Waals surface area (Å²) in [6.45, 7) is 7.62. The van der Waals surface area contributed by atoms with Crippen molar-refractivity contribution in [2.75, 3.05) is 18.5 Å². The highest BCUT2D eigenvalue weighted by atomic mass is 16.5. The minimum atomic E-state index is -0.129. The van der Waals surface area contributed by atoms with Gasteiger partial charge < -0.3 is 21.1 Å². The van der Waals surface area contributed by atoms with Crippen LogP contribution in [0.4, 0.5) is 5.69 Å². The Balaban J connectivity index is 1.83. The molecular formula is C24H33N3O2. The number of nitrogens with one attached hydrogen (secondary N) is 2. The van der Waals surface area contributed by atoms with E-state index in [9.17, 15) is 4.79 Å². The molecule has 0 bridgehead atoms. The van der Waals surface area contributed by atoms with Crippen molar-refractivity contribution in [2.24, 2.45) is 11.7 Å². The first-order valence-corrected chi connectivity index (χ1v) is 10.8. The van der Waals surface area contributed by atoms with Gasteiger partial charge in [-0.2, -0.15) is 0 Å². The van der Waals surface area contributed by atoms with Crippen LogP contribution in [0.25, 0.3) is 0 Å². The smallest absolute Gasteiger partial charge is 0.251 e. The number of hydrogen-bond acceptors (Lipinski definition) is 4. The van der Waals surface area contributed by atoms with Crippen molar-refractivity contribution in [1.29, 1.82) is 0 Å². The van der Waals surface area contributed by atoms with Gasteiger partial charge in [0.25, 0.3) is 5.91 Å². The lowest BCUT2D eigenvalue weighted by Crippen LogP contribution is -2.36. The summed E-state index contributed by atoms with van der Waals surface area (Å²) >= 11 is 0. The maximum absolute atomic E-state index is 12.4. The van der Waals surface area contributed by atoms with Gasteiger partial charge in [0.1, 0.15) is 5.75 Å². The monoisotopic (exact) mass is 395 g/mol. The van der Waals surface area contributed by atoms with Crippen molar-refractivity contribution in [3.8, 4) is 5.75 Å². The summed E-state index contributed by atoms with van der Waals surface area (Å²) in [6, 6.07) is 14.1. The maximum atomic E-state index is 12.4. The Morgan fingerprint density at radius 3 is 2.55 bits per heavy atom. The number of carbonyl (C=O) groups excluding carboxylic acids is 1. The highest BCUT2D eigenvalue weighted by Crippen LogP contribution is 2.44. The van der Waals surface area contributed by atoms with Gasteiger partial charge >= 0.3 is 0 Å². The zero-order valence-corrected chi connectivity index (χ0v) is 17.7. The molecule has 0 saturated heterocycles. The van der Waals surface area contributed by atoms with Crippen LogP contribution >= 0.6 is 0 Å². The number of hydrogen-bond donors (Lipinski definition) is 3. The number of carbonyl (C=O) groups is 1. The summed E-state index contributed by atoms with van der Waals surface area (Å²) < 4.78 is 5.57. The summed E-state index contributed by atoms with van der Waals surface area (Å²) in [5.74, 6) is 1.08. The third-order valence-corrected chi connectivity index (χ3v) is 5.71. The Kier molecular flexibility index (Phi) is 7.15. The van der Waals surface area contributed by atoms with E-state index in [0.717, 1.165) is 36.3 Å². The molecule has 3 unspecified atom stereocenters. The van der Waals surface area contributed by atoms with Gasteiger partial charge in [0, 0.05) is 29.8 Å². The first-order chi connectivity index (χ1) is 14.1. The lowest BCUT2D eigenvalue weighted by Gasteiger charge is -2.39. The molecule has 5 heteroatoms. The van der Waals surface area contributed by atoms with E-state index in [-0.39, 0.29) is 23.9 Å². The first-order valence-electron chi connectivity index (χ1n) is 10.8. The summed E-state index contributed by atoms with van der Waals surface area (Å²) in [4.78, 5) is 12.4. The zero-order valence-electron chi connectivity index (χ0n) is 17.7. The van der Waals surface area contributed by atoms with Gasteiger partial charge in [-0.3, -0.25) is 4.79 Å². The van der Waals surface area contributed by atoms with E-state index in [1.165, 1.54) is 5.56 Å². The molecule has 1 heterocycles. The number of benzene rings is 2. The highest BCUT2D eigenvalue weighted by Gasteiger charge is 2.34. The largest absolute Gasteiger partial charge is 0.494 e. The Bertz CT molecular complexity index is 819. The SMILES string of the molecule is CCCCNC(=O)c1ccc2c(c1)C(N)C(CC)C(c1ccc(OCC)cc1)N2. The van der Waals surface area contributed by atoms with Gasteiger partial charge in [-0.25, -0.2) is 0 Å². The summed E-state index contributed by atoms with van der Waals surface area (Å²) in [5, 5.41) is 6.65. The normalized spacial score (nSPS) is 20.5. The molecule has 2 aromatic carbocycles. The lowest BCUT2D eigenvalue weighted by atomic mass is 9.78. The second-order valence-electron chi connectivity index (χ2n) is 7.63. The second kappa shape index (κ2) is 9.79. The number of nitrogens with two attached hydrogens (primary N) is 1. The van der Waals surface area contributed by atoms with E-state index in [0.29, 0.717) is 18.7 Å². The molecule has 4 N–H and O–H groups in total. The molecule has 0 aromatic heterocycles. The number of rotatable bonds is 8. The molecule has 2 aromatic rings. The molecule has 0 spiro atoms. The van der Waals surface area contributed by atoms with Gasteiger partial charge in [0.05, 0.1) is 12.6 Å². The molecule has 1 aliphatic rings. The van der Waals surface area contributed by atoms with Crippen molar-refractivity contribution in [3.05, 3.63) is 59.2 Å². The van der Waals surface area contributed by atoms with E-state index >= 15 is 0 Å². The average Bonchev–Trinajstić information content (AvgIpc) is 2.74. The molecule has 3 rings (SSSR count). The van der Waals surface area contributed by atoms with Crippen LogP contribution in [0.1, 0.15) is 73.6 Å². The number of fused-ring (bicyclic) bond motifs is 1. The third-order valence-electron chi connectivity index (χ3n) is 5.71. The molecule has 0 radical (unpaired) electrons. The maximum Gasteiger partial charge on any atom is 0.251 e. The fourth-order valence-corrected chi connectivity index (χ4v) is 4.06. The number of unbranched alkanes of at least 4 members (excludes halogenated alkanes) is 1. The first kappa shape index (κ1) is 21.2. The number of amides is 1. The van der Waals surface area contributed by atoms with Crippen LogP contribution < -0.4 is 21.1 Å². The van der Waals surface area contributed by atoms with Gasteiger partial charge in [0.15, 0.2) is 0 Å².